The third-order valence-corrected chi connectivity index (χ3v) is 4.60. The quantitative estimate of drug-likeness (QED) is 0.759. The number of rotatable bonds is 7. The lowest BCUT2D eigenvalue weighted by Gasteiger charge is -2.25. The number of ether oxygens (including phenoxy) is 2. The fourth-order valence-electron chi connectivity index (χ4n) is 3.20. The van der Waals surface area contributed by atoms with Crippen LogP contribution in [-0.2, 0) is 4.79 Å². The average Bonchev–Trinajstić information content (AvgIpc) is 3.24. The van der Waals surface area contributed by atoms with E-state index in [1.165, 1.54) is 26.9 Å². The lowest BCUT2D eigenvalue weighted by Crippen LogP contribution is -2.36. The van der Waals surface area contributed by atoms with Crippen LogP contribution < -0.4 is 20.1 Å². The van der Waals surface area contributed by atoms with Gasteiger partial charge in [-0.1, -0.05) is 6.42 Å². The summed E-state index contributed by atoms with van der Waals surface area (Å²) in [6.45, 7) is 2.21. The molecule has 2 aromatic rings. The highest BCUT2D eigenvalue weighted by Gasteiger charge is 2.19. The number of likely N-dealkylation sites (tertiary alicyclic amines) is 1. The van der Waals surface area contributed by atoms with Gasteiger partial charge in [-0.3, -0.25) is 14.5 Å². The van der Waals surface area contributed by atoms with Gasteiger partial charge < -0.3 is 24.5 Å². The second kappa shape index (κ2) is 9.27. The molecule has 150 valence electrons. The number of hydrogen-bond acceptors (Lipinski definition) is 6. The van der Waals surface area contributed by atoms with Crippen LogP contribution in [0, 0.1) is 0 Å². The Labute approximate surface area is 163 Å². The SMILES string of the molecule is COc1cc(NC(=O)c2ccco2)c(OC)cc1NC(=O)CN1CCCCC1. The van der Waals surface area contributed by atoms with Crippen LogP contribution in [0.3, 0.4) is 0 Å². The monoisotopic (exact) mass is 387 g/mol. The van der Waals surface area contributed by atoms with Gasteiger partial charge in [0.1, 0.15) is 11.5 Å². The third kappa shape index (κ3) is 4.83. The molecule has 0 spiro atoms. The summed E-state index contributed by atoms with van der Waals surface area (Å²) in [5, 5.41) is 5.60. The number of hydrogen-bond donors (Lipinski definition) is 2. The van der Waals surface area contributed by atoms with Crippen LogP contribution in [-0.4, -0.2) is 50.6 Å². The van der Waals surface area contributed by atoms with Crippen molar-refractivity contribution in [3.05, 3.63) is 36.3 Å². The first-order valence-electron chi connectivity index (χ1n) is 9.24. The summed E-state index contributed by atoms with van der Waals surface area (Å²) in [5.74, 6) is 0.471. The van der Waals surface area contributed by atoms with E-state index in [0.29, 0.717) is 29.4 Å². The fourth-order valence-corrected chi connectivity index (χ4v) is 3.20. The molecule has 1 aliphatic heterocycles. The predicted molar refractivity (Wildman–Crippen MR) is 105 cm³/mol. The number of nitrogens with one attached hydrogen (secondary N) is 2. The Hall–Kier alpha value is -3.00. The number of piperidine rings is 1. The smallest absolute Gasteiger partial charge is 0.291 e. The molecule has 1 aromatic heterocycles. The van der Waals surface area contributed by atoms with Crippen LogP contribution in [0.15, 0.2) is 34.9 Å². The van der Waals surface area contributed by atoms with E-state index in [1.54, 1.807) is 24.3 Å². The Balaban J connectivity index is 1.74. The van der Waals surface area contributed by atoms with Crippen LogP contribution >= 0.6 is 0 Å². The van der Waals surface area contributed by atoms with Gasteiger partial charge in [0.25, 0.3) is 5.91 Å². The van der Waals surface area contributed by atoms with Crippen LogP contribution in [0.5, 0.6) is 11.5 Å². The summed E-state index contributed by atoms with van der Waals surface area (Å²) in [7, 11) is 2.99. The standard InChI is InChI=1S/C20H25N3O5/c1-26-17-12-15(22-20(25)16-7-6-10-28-16)18(27-2)11-14(17)21-19(24)13-23-8-4-3-5-9-23/h6-7,10-12H,3-5,8-9,13H2,1-2H3,(H,21,24)(H,22,25). The average molecular weight is 387 g/mol. The molecule has 0 atom stereocenters. The first-order valence-corrected chi connectivity index (χ1v) is 9.24. The van der Waals surface area contributed by atoms with Crippen molar-refractivity contribution >= 4 is 23.2 Å². The van der Waals surface area contributed by atoms with Gasteiger partial charge in [0.2, 0.25) is 5.91 Å². The Morgan fingerprint density at radius 1 is 1.04 bits per heavy atom. The molecule has 2 amide bonds. The molecule has 1 saturated heterocycles. The third-order valence-electron chi connectivity index (χ3n) is 4.60. The van der Waals surface area contributed by atoms with Gasteiger partial charge in [-0.2, -0.15) is 0 Å². The molecular formula is C20H25N3O5. The zero-order valence-electron chi connectivity index (χ0n) is 16.1. The number of benzene rings is 1. The van der Waals surface area contributed by atoms with Crippen molar-refractivity contribution in [3.8, 4) is 11.5 Å². The van der Waals surface area contributed by atoms with E-state index in [9.17, 15) is 9.59 Å². The van der Waals surface area contributed by atoms with Crippen molar-refractivity contribution in [1.29, 1.82) is 0 Å². The highest BCUT2D eigenvalue weighted by Crippen LogP contribution is 2.36. The highest BCUT2D eigenvalue weighted by atomic mass is 16.5. The van der Waals surface area contributed by atoms with Gasteiger partial charge in [-0.25, -0.2) is 0 Å². The molecule has 28 heavy (non-hydrogen) atoms. The van der Waals surface area contributed by atoms with E-state index < -0.39 is 5.91 Å². The largest absolute Gasteiger partial charge is 0.494 e. The van der Waals surface area contributed by atoms with Crippen LogP contribution in [0.2, 0.25) is 0 Å². The maximum Gasteiger partial charge on any atom is 0.291 e. The topological polar surface area (TPSA) is 93.0 Å². The lowest BCUT2D eigenvalue weighted by atomic mass is 10.1. The summed E-state index contributed by atoms with van der Waals surface area (Å²) in [6, 6.07) is 6.43. The van der Waals surface area contributed by atoms with Crippen molar-refractivity contribution in [3.63, 3.8) is 0 Å². The number of anilines is 2. The van der Waals surface area contributed by atoms with Gasteiger partial charge in [0.15, 0.2) is 5.76 Å². The first kappa shape index (κ1) is 19.8. The molecule has 0 saturated carbocycles. The highest BCUT2D eigenvalue weighted by molar-refractivity contribution is 6.04. The number of nitrogens with zero attached hydrogens (tertiary/aromatic N) is 1. The minimum Gasteiger partial charge on any atom is -0.494 e. The van der Waals surface area contributed by atoms with Gasteiger partial charge in [0, 0.05) is 12.1 Å². The maximum absolute atomic E-state index is 12.4. The summed E-state index contributed by atoms with van der Waals surface area (Å²) < 4.78 is 15.9. The van der Waals surface area contributed by atoms with Crippen molar-refractivity contribution < 1.29 is 23.5 Å². The minimum absolute atomic E-state index is 0.116. The normalized spacial score (nSPS) is 14.4. The van der Waals surface area contributed by atoms with Crippen LogP contribution in [0.1, 0.15) is 29.8 Å². The van der Waals surface area contributed by atoms with E-state index in [4.69, 9.17) is 13.9 Å². The van der Waals surface area contributed by atoms with E-state index in [-0.39, 0.29) is 11.7 Å². The molecule has 8 heteroatoms. The van der Waals surface area contributed by atoms with Gasteiger partial charge in [0.05, 0.1) is 38.4 Å². The Bertz CT molecular complexity index is 813. The lowest BCUT2D eigenvalue weighted by molar-refractivity contribution is -0.117. The van der Waals surface area contributed by atoms with E-state index in [0.717, 1.165) is 25.9 Å². The molecule has 1 aliphatic rings. The molecule has 1 fully saturated rings. The second-order valence-electron chi connectivity index (χ2n) is 6.57. The molecule has 0 aliphatic carbocycles. The van der Waals surface area contributed by atoms with Crippen molar-refractivity contribution in [2.75, 3.05) is 44.5 Å². The molecule has 2 N–H and O–H groups in total. The molecule has 8 nitrogen and oxygen atoms in total. The summed E-state index contributed by atoms with van der Waals surface area (Å²) in [4.78, 5) is 26.8. The molecule has 0 bridgehead atoms. The van der Waals surface area contributed by atoms with Crippen LogP contribution in [0.25, 0.3) is 0 Å². The summed E-state index contributed by atoms with van der Waals surface area (Å²) in [6.07, 6.45) is 4.88. The predicted octanol–water partition coefficient (Wildman–Crippen LogP) is 2.97. The van der Waals surface area contributed by atoms with E-state index in [2.05, 4.69) is 15.5 Å². The second-order valence-corrected chi connectivity index (χ2v) is 6.57. The molecule has 3 rings (SSSR count). The Morgan fingerprint density at radius 2 is 1.68 bits per heavy atom. The number of carbonyl (C=O) groups is 2. The minimum atomic E-state index is -0.410. The molecule has 0 radical (unpaired) electrons. The van der Waals surface area contributed by atoms with E-state index in [1.807, 2.05) is 0 Å². The van der Waals surface area contributed by atoms with Crippen molar-refractivity contribution in [1.82, 2.24) is 4.90 Å². The number of furan rings is 1. The van der Waals surface area contributed by atoms with E-state index >= 15 is 0 Å². The Kier molecular flexibility index (Phi) is 6.54. The maximum atomic E-state index is 12.4. The molecular weight excluding hydrogens is 362 g/mol. The van der Waals surface area contributed by atoms with Crippen molar-refractivity contribution in [2.45, 2.75) is 19.3 Å². The summed E-state index contributed by atoms with van der Waals surface area (Å²) >= 11 is 0. The number of amides is 2. The molecule has 2 heterocycles. The van der Waals surface area contributed by atoms with Gasteiger partial charge in [-0.05, 0) is 38.1 Å². The first-order chi connectivity index (χ1) is 13.6. The fraction of sp³-hybridized carbons (Fsp3) is 0.400. The zero-order valence-corrected chi connectivity index (χ0v) is 16.1. The number of carbonyl (C=O) groups excluding carboxylic acids is 2. The Morgan fingerprint density at radius 3 is 2.25 bits per heavy atom. The number of methoxy groups -OCH3 is 2. The van der Waals surface area contributed by atoms with Gasteiger partial charge in [-0.15, -0.1) is 0 Å². The van der Waals surface area contributed by atoms with Crippen molar-refractivity contribution in [2.24, 2.45) is 0 Å². The zero-order chi connectivity index (χ0) is 19.9. The van der Waals surface area contributed by atoms with Crippen LogP contribution in [0.4, 0.5) is 11.4 Å². The molecule has 0 unspecified atom stereocenters. The summed E-state index contributed by atoms with van der Waals surface area (Å²) in [5.41, 5.74) is 0.895. The van der Waals surface area contributed by atoms with Gasteiger partial charge >= 0.3 is 0 Å². The molecule has 1 aromatic carbocycles.